The van der Waals surface area contributed by atoms with Crippen molar-refractivity contribution in [1.82, 2.24) is 0 Å². The summed E-state index contributed by atoms with van der Waals surface area (Å²) in [4.78, 5) is 0. The van der Waals surface area contributed by atoms with Gasteiger partial charge in [0.05, 0.1) is 8.07 Å². The van der Waals surface area contributed by atoms with Gasteiger partial charge in [0.2, 0.25) is 0 Å². The summed E-state index contributed by atoms with van der Waals surface area (Å²) in [6.45, 7) is 11.8. The van der Waals surface area contributed by atoms with Gasteiger partial charge in [-0.15, -0.1) is 0 Å². The topological polar surface area (TPSA) is 0 Å². The molecule has 0 saturated heterocycles. The van der Waals surface area contributed by atoms with Gasteiger partial charge in [0, 0.05) is 0 Å². The number of hydrogen-bond donors (Lipinski definition) is 0. The Labute approximate surface area is 89.4 Å². The third-order valence-electron chi connectivity index (χ3n) is 2.44. The Morgan fingerprint density at radius 3 is 2.29 bits per heavy atom. The Hall–Kier alpha value is -0.563. The molecule has 78 valence electrons. The van der Waals surface area contributed by atoms with Crippen LogP contribution in [0.15, 0.2) is 24.3 Å². The number of hydrogen-bond acceptors (Lipinski definition) is 0. The molecule has 0 heterocycles. The highest BCUT2D eigenvalue weighted by Gasteiger charge is 2.16. The summed E-state index contributed by atoms with van der Waals surface area (Å²) in [5.74, 6) is 0.756. The summed E-state index contributed by atoms with van der Waals surface area (Å²) in [7, 11) is -1.12. The number of rotatable bonds is 3. The Balaban J connectivity index is 2.90. The standard InChI is InChI=1S/C13H22Si/c1-11(2)9-12-7-6-8-13(10-12)14(3,4)5/h6-8,10-11H,9H2,1-5H3. The smallest absolute Gasteiger partial charge is 0.0656 e. The van der Waals surface area contributed by atoms with Crippen molar-refractivity contribution in [2.45, 2.75) is 39.9 Å². The van der Waals surface area contributed by atoms with Crippen molar-refractivity contribution in [3.05, 3.63) is 29.8 Å². The average Bonchev–Trinajstić information content (AvgIpc) is 2.01. The molecule has 0 amide bonds. The third-order valence-corrected chi connectivity index (χ3v) is 4.48. The van der Waals surface area contributed by atoms with Crippen LogP contribution in [0.2, 0.25) is 19.6 Å². The van der Waals surface area contributed by atoms with Gasteiger partial charge < -0.3 is 0 Å². The zero-order valence-electron chi connectivity index (χ0n) is 10.1. The van der Waals surface area contributed by atoms with Crippen LogP contribution in [0.4, 0.5) is 0 Å². The van der Waals surface area contributed by atoms with Crippen molar-refractivity contribution in [1.29, 1.82) is 0 Å². The first kappa shape index (κ1) is 11.5. The van der Waals surface area contributed by atoms with Crippen LogP contribution >= 0.6 is 0 Å². The fourth-order valence-electron chi connectivity index (χ4n) is 1.64. The molecular weight excluding hydrogens is 184 g/mol. The lowest BCUT2D eigenvalue weighted by atomic mass is 10.0. The molecule has 0 fully saturated rings. The molecule has 14 heavy (non-hydrogen) atoms. The van der Waals surface area contributed by atoms with E-state index in [1.165, 1.54) is 12.0 Å². The molecule has 0 radical (unpaired) electrons. The minimum atomic E-state index is -1.12. The highest BCUT2D eigenvalue weighted by atomic mass is 28.3. The monoisotopic (exact) mass is 206 g/mol. The van der Waals surface area contributed by atoms with E-state index in [4.69, 9.17) is 0 Å². The van der Waals surface area contributed by atoms with Gasteiger partial charge in [0.25, 0.3) is 0 Å². The summed E-state index contributed by atoms with van der Waals surface area (Å²) < 4.78 is 0. The maximum absolute atomic E-state index is 2.41. The first-order valence-electron chi connectivity index (χ1n) is 5.49. The molecule has 0 aliphatic carbocycles. The Kier molecular flexibility index (Phi) is 3.54. The summed E-state index contributed by atoms with van der Waals surface area (Å²) in [6, 6.07) is 9.16. The van der Waals surface area contributed by atoms with Crippen LogP contribution in [0.25, 0.3) is 0 Å². The Morgan fingerprint density at radius 1 is 1.14 bits per heavy atom. The van der Waals surface area contributed by atoms with E-state index in [-0.39, 0.29) is 0 Å². The molecular formula is C13H22Si. The summed E-state index contributed by atoms with van der Waals surface area (Å²) in [6.07, 6.45) is 1.21. The minimum Gasteiger partial charge on any atom is -0.0656 e. The van der Waals surface area contributed by atoms with Crippen LogP contribution in [-0.2, 0) is 6.42 Å². The molecule has 0 spiro atoms. The second-order valence-electron chi connectivity index (χ2n) is 5.55. The van der Waals surface area contributed by atoms with E-state index >= 15 is 0 Å². The summed E-state index contributed by atoms with van der Waals surface area (Å²) in [5, 5.41) is 1.58. The molecule has 1 aromatic carbocycles. The van der Waals surface area contributed by atoms with E-state index in [1.807, 2.05) is 0 Å². The largest absolute Gasteiger partial charge is 0.0776 e. The summed E-state index contributed by atoms with van der Waals surface area (Å²) in [5.41, 5.74) is 1.50. The zero-order chi connectivity index (χ0) is 10.8. The van der Waals surface area contributed by atoms with E-state index in [0.717, 1.165) is 5.92 Å². The van der Waals surface area contributed by atoms with Gasteiger partial charge in [-0.25, -0.2) is 0 Å². The lowest BCUT2D eigenvalue weighted by Crippen LogP contribution is -2.37. The third kappa shape index (κ3) is 3.30. The Bertz CT molecular complexity index is 294. The molecule has 0 aliphatic rings. The molecule has 0 unspecified atom stereocenters. The lowest BCUT2D eigenvalue weighted by Gasteiger charge is -2.18. The van der Waals surface area contributed by atoms with Crippen LogP contribution in [-0.4, -0.2) is 8.07 Å². The second kappa shape index (κ2) is 4.31. The second-order valence-corrected chi connectivity index (χ2v) is 10.6. The fraction of sp³-hybridized carbons (Fsp3) is 0.538. The maximum atomic E-state index is 2.41. The first-order valence-corrected chi connectivity index (χ1v) is 8.99. The molecule has 1 rings (SSSR count). The van der Waals surface area contributed by atoms with Crippen LogP contribution in [0.1, 0.15) is 19.4 Å². The van der Waals surface area contributed by atoms with Crippen molar-refractivity contribution in [2.75, 3.05) is 0 Å². The maximum Gasteiger partial charge on any atom is 0.0776 e. The molecule has 0 aromatic heterocycles. The van der Waals surface area contributed by atoms with E-state index in [9.17, 15) is 0 Å². The van der Waals surface area contributed by atoms with Crippen molar-refractivity contribution < 1.29 is 0 Å². The van der Waals surface area contributed by atoms with Gasteiger partial charge in [0.15, 0.2) is 0 Å². The fourth-order valence-corrected chi connectivity index (χ4v) is 2.85. The molecule has 1 heteroatoms. The SMILES string of the molecule is CC(C)Cc1cccc([Si](C)(C)C)c1. The molecule has 0 saturated carbocycles. The van der Waals surface area contributed by atoms with Crippen LogP contribution in [0, 0.1) is 5.92 Å². The van der Waals surface area contributed by atoms with Gasteiger partial charge >= 0.3 is 0 Å². The average molecular weight is 206 g/mol. The Morgan fingerprint density at radius 2 is 1.79 bits per heavy atom. The van der Waals surface area contributed by atoms with Gasteiger partial charge in [-0.3, -0.25) is 0 Å². The molecule has 1 aromatic rings. The van der Waals surface area contributed by atoms with Gasteiger partial charge in [-0.05, 0) is 17.9 Å². The van der Waals surface area contributed by atoms with E-state index in [2.05, 4.69) is 57.8 Å². The molecule has 0 N–H and O–H groups in total. The summed E-state index contributed by atoms with van der Waals surface area (Å²) >= 11 is 0. The van der Waals surface area contributed by atoms with Crippen LogP contribution in [0.5, 0.6) is 0 Å². The quantitative estimate of drug-likeness (QED) is 0.665. The molecule has 0 atom stereocenters. The van der Waals surface area contributed by atoms with Crippen molar-refractivity contribution in [2.24, 2.45) is 5.92 Å². The van der Waals surface area contributed by atoms with Gasteiger partial charge in [0.1, 0.15) is 0 Å². The van der Waals surface area contributed by atoms with Crippen molar-refractivity contribution >= 4 is 13.3 Å². The van der Waals surface area contributed by atoms with E-state index in [0.29, 0.717) is 0 Å². The van der Waals surface area contributed by atoms with Gasteiger partial charge in [-0.2, -0.15) is 0 Å². The van der Waals surface area contributed by atoms with E-state index in [1.54, 1.807) is 5.19 Å². The predicted octanol–water partition coefficient (Wildman–Crippen LogP) is 3.43. The number of benzene rings is 1. The first-order chi connectivity index (χ1) is 6.39. The van der Waals surface area contributed by atoms with E-state index < -0.39 is 8.07 Å². The zero-order valence-corrected chi connectivity index (χ0v) is 11.1. The van der Waals surface area contributed by atoms with Crippen LogP contribution in [0.3, 0.4) is 0 Å². The van der Waals surface area contributed by atoms with Crippen molar-refractivity contribution in [3.63, 3.8) is 0 Å². The molecule has 0 bridgehead atoms. The highest BCUT2D eigenvalue weighted by Crippen LogP contribution is 2.09. The van der Waals surface area contributed by atoms with Crippen LogP contribution < -0.4 is 5.19 Å². The van der Waals surface area contributed by atoms with Crippen molar-refractivity contribution in [3.8, 4) is 0 Å². The lowest BCUT2D eigenvalue weighted by molar-refractivity contribution is 0.647. The normalized spacial score (nSPS) is 12.1. The van der Waals surface area contributed by atoms with Gasteiger partial charge in [-0.1, -0.05) is 62.9 Å². The predicted molar refractivity (Wildman–Crippen MR) is 68.0 cm³/mol. The highest BCUT2D eigenvalue weighted by molar-refractivity contribution is 6.88. The minimum absolute atomic E-state index is 0.756. The molecule has 0 nitrogen and oxygen atoms in total. The molecule has 0 aliphatic heterocycles.